The van der Waals surface area contributed by atoms with Crippen molar-refractivity contribution in [2.75, 3.05) is 0 Å². The second kappa shape index (κ2) is 9.03. The van der Waals surface area contributed by atoms with Gasteiger partial charge in [-0.25, -0.2) is 13.5 Å². The Hall–Kier alpha value is -3.10. The van der Waals surface area contributed by atoms with Crippen molar-refractivity contribution in [3.8, 4) is 22.6 Å². The van der Waals surface area contributed by atoms with Crippen LogP contribution in [0.1, 0.15) is 11.4 Å². The van der Waals surface area contributed by atoms with Gasteiger partial charge in [-0.15, -0.1) is 0 Å². The van der Waals surface area contributed by atoms with Gasteiger partial charge in [-0.2, -0.15) is 18.3 Å². The van der Waals surface area contributed by atoms with E-state index in [1.807, 2.05) is 0 Å². The molecule has 0 spiro atoms. The molecule has 4 aromatic rings. The van der Waals surface area contributed by atoms with Gasteiger partial charge in [0.1, 0.15) is 29.7 Å². The van der Waals surface area contributed by atoms with E-state index in [0.29, 0.717) is 11.3 Å². The molecule has 0 fully saturated rings. The lowest BCUT2D eigenvalue weighted by Crippen LogP contribution is -2.09. The summed E-state index contributed by atoms with van der Waals surface area (Å²) in [4.78, 5) is 0. The van der Waals surface area contributed by atoms with Gasteiger partial charge in [-0.05, 0) is 48.0 Å². The van der Waals surface area contributed by atoms with E-state index in [-0.39, 0.29) is 33.6 Å². The van der Waals surface area contributed by atoms with Gasteiger partial charge in [0, 0.05) is 11.6 Å². The Labute approximate surface area is 194 Å². The molecule has 0 N–H and O–H groups in total. The number of hydrogen-bond acceptors (Lipinski definition) is 2. The zero-order valence-electron chi connectivity index (χ0n) is 16.5. The van der Waals surface area contributed by atoms with Gasteiger partial charge in [0.05, 0.1) is 15.7 Å². The van der Waals surface area contributed by atoms with Crippen molar-refractivity contribution in [1.29, 1.82) is 0 Å². The van der Waals surface area contributed by atoms with E-state index in [4.69, 9.17) is 27.9 Å². The monoisotopic (exact) mass is 498 g/mol. The number of rotatable bonds is 5. The molecule has 0 aliphatic heterocycles. The molecule has 33 heavy (non-hydrogen) atoms. The number of hydrogen-bond donors (Lipinski definition) is 0. The van der Waals surface area contributed by atoms with E-state index >= 15 is 0 Å². The zero-order chi connectivity index (χ0) is 23.8. The normalized spacial score (nSPS) is 11.6. The van der Waals surface area contributed by atoms with Crippen molar-refractivity contribution in [3.63, 3.8) is 0 Å². The van der Waals surface area contributed by atoms with Crippen molar-refractivity contribution in [1.82, 2.24) is 9.78 Å². The molecule has 0 saturated carbocycles. The SMILES string of the molecule is Fc1ccc(-c2ccc(OCc3cc(C(F)(F)F)nn3-c3c(Cl)cccc3Cl)cc2)c(F)c1. The molecule has 0 unspecified atom stereocenters. The maximum absolute atomic E-state index is 14.0. The molecule has 0 aliphatic carbocycles. The highest BCUT2D eigenvalue weighted by atomic mass is 35.5. The molecule has 10 heteroatoms. The van der Waals surface area contributed by atoms with Crippen LogP contribution in [-0.2, 0) is 12.8 Å². The average molecular weight is 499 g/mol. The smallest absolute Gasteiger partial charge is 0.435 e. The maximum atomic E-state index is 14.0. The van der Waals surface area contributed by atoms with Crippen LogP contribution in [0, 0.1) is 11.6 Å². The first kappa shape index (κ1) is 23.1. The molecule has 0 saturated heterocycles. The molecule has 4 rings (SSSR count). The van der Waals surface area contributed by atoms with Crippen LogP contribution in [0.3, 0.4) is 0 Å². The second-order valence-electron chi connectivity index (χ2n) is 6.94. The lowest BCUT2D eigenvalue weighted by Gasteiger charge is -2.12. The quantitative estimate of drug-likeness (QED) is 0.263. The van der Waals surface area contributed by atoms with E-state index in [9.17, 15) is 22.0 Å². The predicted molar refractivity (Wildman–Crippen MR) is 115 cm³/mol. The Kier molecular flexibility index (Phi) is 6.32. The Balaban J connectivity index is 1.61. The Morgan fingerprint density at radius 1 is 0.879 bits per heavy atom. The van der Waals surface area contributed by atoms with Crippen molar-refractivity contribution in [2.45, 2.75) is 12.8 Å². The van der Waals surface area contributed by atoms with Crippen LogP contribution in [0.15, 0.2) is 66.7 Å². The summed E-state index contributed by atoms with van der Waals surface area (Å²) in [7, 11) is 0. The standard InChI is InChI=1S/C23H13Cl2F5N2O/c24-18-2-1-3-19(25)22(18)32-15(11-21(31-32)23(28,29)30)12-33-16-7-4-13(5-8-16)17-9-6-14(26)10-20(17)27/h1-11H,12H2. The number of ether oxygens (including phenoxy) is 1. The predicted octanol–water partition coefficient (Wildman–Crippen LogP) is 7.72. The van der Waals surface area contributed by atoms with E-state index < -0.39 is 23.5 Å². The topological polar surface area (TPSA) is 27.1 Å². The van der Waals surface area contributed by atoms with E-state index in [0.717, 1.165) is 22.9 Å². The zero-order valence-corrected chi connectivity index (χ0v) is 18.0. The molecular formula is C23H13Cl2F5N2O. The molecule has 0 aliphatic rings. The highest BCUT2D eigenvalue weighted by molar-refractivity contribution is 6.37. The van der Waals surface area contributed by atoms with Crippen molar-refractivity contribution in [3.05, 3.63) is 99.8 Å². The number of benzene rings is 3. The molecule has 0 radical (unpaired) electrons. The Bertz CT molecular complexity index is 1280. The molecule has 1 aromatic heterocycles. The number of nitrogens with zero attached hydrogens (tertiary/aromatic N) is 2. The summed E-state index contributed by atoms with van der Waals surface area (Å²) < 4.78 is 73.6. The molecule has 0 amide bonds. The van der Waals surface area contributed by atoms with Gasteiger partial charge >= 0.3 is 6.18 Å². The van der Waals surface area contributed by atoms with Crippen molar-refractivity contribution < 1.29 is 26.7 Å². The molecule has 170 valence electrons. The van der Waals surface area contributed by atoms with Crippen LogP contribution in [0.4, 0.5) is 22.0 Å². The van der Waals surface area contributed by atoms with Gasteiger partial charge < -0.3 is 4.74 Å². The summed E-state index contributed by atoms with van der Waals surface area (Å²) >= 11 is 12.3. The number of para-hydroxylation sites is 1. The van der Waals surface area contributed by atoms with Crippen LogP contribution in [0.2, 0.25) is 10.0 Å². The summed E-state index contributed by atoms with van der Waals surface area (Å²) in [6, 6.07) is 14.7. The number of halogens is 7. The first-order valence-corrected chi connectivity index (χ1v) is 10.2. The fourth-order valence-corrected chi connectivity index (χ4v) is 3.72. The van der Waals surface area contributed by atoms with Crippen LogP contribution >= 0.6 is 23.2 Å². The van der Waals surface area contributed by atoms with Crippen LogP contribution in [0.5, 0.6) is 5.75 Å². The lowest BCUT2D eigenvalue weighted by molar-refractivity contribution is -0.141. The lowest BCUT2D eigenvalue weighted by atomic mass is 10.1. The highest BCUT2D eigenvalue weighted by Crippen LogP contribution is 2.34. The van der Waals surface area contributed by atoms with E-state index in [1.165, 1.54) is 30.3 Å². The fourth-order valence-electron chi connectivity index (χ4n) is 3.16. The maximum Gasteiger partial charge on any atom is 0.435 e. The van der Waals surface area contributed by atoms with Crippen LogP contribution < -0.4 is 4.74 Å². The van der Waals surface area contributed by atoms with Gasteiger partial charge in [0.2, 0.25) is 0 Å². The van der Waals surface area contributed by atoms with Crippen LogP contribution in [-0.4, -0.2) is 9.78 Å². The van der Waals surface area contributed by atoms with Gasteiger partial charge in [0.25, 0.3) is 0 Å². The largest absolute Gasteiger partial charge is 0.487 e. The van der Waals surface area contributed by atoms with Gasteiger partial charge in [0.15, 0.2) is 5.69 Å². The average Bonchev–Trinajstić information content (AvgIpc) is 3.17. The third kappa shape index (κ3) is 4.96. The molecular weight excluding hydrogens is 486 g/mol. The molecule has 1 heterocycles. The first-order chi connectivity index (χ1) is 15.6. The first-order valence-electron chi connectivity index (χ1n) is 9.42. The summed E-state index contributed by atoms with van der Waals surface area (Å²) in [5.74, 6) is -1.10. The van der Waals surface area contributed by atoms with Crippen LogP contribution in [0.25, 0.3) is 16.8 Å². The summed E-state index contributed by atoms with van der Waals surface area (Å²) in [5, 5.41) is 3.86. The van der Waals surface area contributed by atoms with E-state index in [2.05, 4.69) is 5.10 Å². The van der Waals surface area contributed by atoms with Crippen molar-refractivity contribution >= 4 is 23.2 Å². The molecule has 0 bridgehead atoms. The fraction of sp³-hybridized carbons (Fsp3) is 0.0870. The number of aromatic nitrogens is 2. The minimum absolute atomic E-state index is 0.0611. The molecule has 0 atom stereocenters. The van der Waals surface area contributed by atoms with Gasteiger partial charge in [-0.1, -0.05) is 41.4 Å². The van der Waals surface area contributed by atoms with Crippen molar-refractivity contribution in [2.24, 2.45) is 0 Å². The molecule has 3 nitrogen and oxygen atoms in total. The minimum Gasteiger partial charge on any atom is -0.487 e. The molecule has 3 aromatic carbocycles. The minimum atomic E-state index is -4.69. The van der Waals surface area contributed by atoms with Gasteiger partial charge in [-0.3, -0.25) is 0 Å². The summed E-state index contributed by atoms with van der Waals surface area (Å²) in [5.41, 5.74) is -0.293. The second-order valence-corrected chi connectivity index (χ2v) is 7.75. The Morgan fingerprint density at radius 2 is 1.55 bits per heavy atom. The van der Waals surface area contributed by atoms with E-state index in [1.54, 1.807) is 18.2 Å². The highest BCUT2D eigenvalue weighted by Gasteiger charge is 2.35. The Morgan fingerprint density at radius 3 is 2.15 bits per heavy atom. The summed E-state index contributed by atoms with van der Waals surface area (Å²) in [6.45, 7) is -0.283. The summed E-state index contributed by atoms with van der Waals surface area (Å²) in [6.07, 6.45) is -4.69. The third-order valence-corrected chi connectivity index (χ3v) is 5.32. The third-order valence-electron chi connectivity index (χ3n) is 4.71. The number of alkyl halides is 3.